The zero-order valence-electron chi connectivity index (χ0n) is 9.19. The molecule has 0 saturated carbocycles. The number of nitrogens with zero attached hydrogens (tertiary/aromatic N) is 2. The Hall–Kier alpha value is -1.42. The molecule has 2 aromatic heterocycles. The van der Waals surface area contributed by atoms with E-state index in [9.17, 15) is 0 Å². The van der Waals surface area contributed by atoms with Gasteiger partial charge >= 0.3 is 0 Å². The van der Waals surface area contributed by atoms with Crippen molar-refractivity contribution in [1.82, 2.24) is 9.97 Å². The van der Waals surface area contributed by atoms with Crippen molar-refractivity contribution in [3.8, 4) is 0 Å². The number of thiazole rings is 1. The van der Waals surface area contributed by atoms with E-state index in [1.165, 1.54) is 4.88 Å². The predicted octanol–water partition coefficient (Wildman–Crippen LogP) is 3.62. The number of hydrogen-bond donors (Lipinski definition) is 1. The summed E-state index contributed by atoms with van der Waals surface area (Å²) in [7, 11) is 0. The van der Waals surface area contributed by atoms with E-state index < -0.39 is 0 Å². The number of aromatic nitrogens is 2. The van der Waals surface area contributed by atoms with E-state index in [0.717, 1.165) is 10.9 Å². The fraction of sp³-hybridized carbons (Fsp3) is 0.273. The lowest BCUT2D eigenvalue weighted by Gasteiger charge is -1.98. The minimum Gasteiger partial charge on any atom is -0.316 e. The third kappa shape index (κ3) is 3.67. The van der Waals surface area contributed by atoms with Gasteiger partial charge < -0.3 is 5.32 Å². The molecule has 3 nitrogen and oxygen atoms in total. The van der Waals surface area contributed by atoms with E-state index >= 15 is 0 Å². The summed E-state index contributed by atoms with van der Waals surface area (Å²) in [6, 6.07) is 5.74. The molecule has 0 atom stereocenters. The number of rotatable bonds is 2. The third-order valence-electron chi connectivity index (χ3n) is 1.52. The number of nitrogens with one attached hydrogen (secondary N) is 1. The summed E-state index contributed by atoms with van der Waals surface area (Å²) in [5.41, 5.74) is 0. The van der Waals surface area contributed by atoms with Crippen LogP contribution in [0.4, 0.5) is 10.9 Å². The van der Waals surface area contributed by atoms with Crippen LogP contribution in [0.5, 0.6) is 0 Å². The Balaban J connectivity index is 0.000000531. The second kappa shape index (κ2) is 6.14. The first-order chi connectivity index (χ1) is 7.34. The molecule has 0 saturated heterocycles. The van der Waals surface area contributed by atoms with Gasteiger partial charge in [0.25, 0.3) is 0 Å². The lowest BCUT2D eigenvalue weighted by atomic mass is 10.5. The topological polar surface area (TPSA) is 37.8 Å². The summed E-state index contributed by atoms with van der Waals surface area (Å²) in [6.07, 6.45) is 3.60. The van der Waals surface area contributed by atoms with Crippen LogP contribution in [-0.2, 0) is 0 Å². The Morgan fingerprint density at radius 1 is 1.20 bits per heavy atom. The van der Waals surface area contributed by atoms with Gasteiger partial charge in [0.05, 0.1) is 0 Å². The SMILES string of the molecule is CC.Cc1cnc(Nc2ccccn2)s1. The second-order valence-corrected chi connectivity index (χ2v) is 3.85. The molecule has 0 aliphatic carbocycles. The molecule has 15 heavy (non-hydrogen) atoms. The van der Waals surface area contributed by atoms with E-state index in [0.29, 0.717) is 0 Å². The maximum absolute atomic E-state index is 4.18. The van der Waals surface area contributed by atoms with Crippen molar-refractivity contribution in [3.05, 3.63) is 35.5 Å². The van der Waals surface area contributed by atoms with Gasteiger partial charge in [0.1, 0.15) is 5.82 Å². The molecule has 0 radical (unpaired) electrons. The summed E-state index contributed by atoms with van der Waals surface area (Å²) >= 11 is 1.62. The lowest BCUT2D eigenvalue weighted by molar-refractivity contribution is 1.28. The molecule has 1 N–H and O–H groups in total. The molecule has 0 bridgehead atoms. The van der Waals surface area contributed by atoms with Crippen LogP contribution in [0.1, 0.15) is 18.7 Å². The van der Waals surface area contributed by atoms with E-state index in [1.807, 2.05) is 45.2 Å². The highest BCUT2D eigenvalue weighted by molar-refractivity contribution is 7.15. The van der Waals surface area contributed by atoms with Crippen LogP contribution in [0.2, 0.25) is 0 Å². The molecule has 0 unspecified atom stereocenters. The molecule has 4 heteroatoms. The fourth-order valence-electron chi connectivity index (χ4n) is 0.959. The highest BCUT2D eigenvalue weighted by Crippen LogP contribution is 2.19. The summed E-state index contributed by atoms with van der Waals surface area (Å²) in [4.78, 5) is 9.51. The van der Waals surface area contributed by atoms with Crippen LogP contribution in [0.3, 0.4) is 0 Å². The maximum Gasteiger partial charge on any atom is 0.188 e. The molecule has 2 heterocycles. The highest BCUT2D eigenvalue weighted by atomic mass is 32.1. The Bertz CT molecular complexity index is 384. The van der Waals surface area contributed by atoms with Gasteiger partial charge in [0.2, 0.25) is 0 Å². The van der Waals surface area contributed by atoms with Crippen LogP contribution in [0.15, 0.2) is 30.6 Å². The minimum absolute atomic E-state index is 0.830. The predicted molar refractivity (Wildman–Crippen MR) is 65.7 cm³/mol. The Labute approximate surface area is 94.2 Å². The third-order valence-corrected chi connectivity index (χ3v) is 2.35. The molecular formula is C11H15N3S. The molecule has 2 rings (SSSR count). The van der Waals surface area contributed by atoms with Gasteiger partial charge in [-0.2, -0.15) is 0 Å². The van der Waals surface area contributed by atoms with E-state index in [1.54, 1.807) is 17.5 Å². The van der Waals surface area contributed by atoms with Gasteiger partial charge in [-0.25, -0.2) is 9.97 Å². The van der Waals surface area contributed by atoms with Crippen molar-refractivity contribution in [2.24, 2.45) is 0 Å². The molecule has 2 aromatic rings. The number of pyridine rings is 1. The molecule has 0 fully saturated rings. The molecule has 0 amide bonds. The van der Waals surface area contributed by atoms with E-state index in [4.69, 9.17) is 0 Å². The zero-order valence-corrected chi connectivity index (χ0v) is 10.0. The monoisotopic (exact) mass is 221 g/mol. The van der Waals surface area contributed by atoms with Crippen LogP contribution in [0, 0.1) is 6.92 Å². The smallest absolute Gasteiger partial charge is 0.188 e. The molecule has 80 valence electrons. The summed E-state index contributed by atoms with van der Waals surface area (Å²) in [5, 5.41) is 4.01. The molecule has 0 aromatic carbocycles. The van der Waals surface area contributed by atoms with Gasteiger partial charge in [0, 0.05) is 17.3 Å². The van der Waals surface area contributed by atoms with Crippen LogP contribution in [0.25, 0.3) is 0 Å². The minimum atomic E-state index is 0.830. The first kappa shape index (κ1) is 11.7. The van der Waals surface area contributed by atoms with E-state index in [-0.39, 0.29) is 0 Å². The Morgan fingerprint density at radius 3 is 2.53 bits per heavy atom. The molecule has 0 aliphatic rings. The average Bonchev–Trinajstić information content (AvgIpc) is 2.68. The van der Waals surface area contributed by atoms with Crippen molar-refractivity contribution in [2.45, 2.75) is 20.8 Å². The summed E-state index contributed by atoms with van der Waals surface area (Å²) < 4.78 is 0. The molecule has 0 aliphatic heterocycles. The van der Waals surface area contributed by atoms with Crippen molar-refractivity contribution in [3.63, 3.8) is 0 Å². The number of aryl methyl sites for hydroxylation is 1. The Kier molecular flexibility index (Phi) is 4.77. The van der Waals surface area contributed by atoms with Crippen molar-refractivity contribution in [1.29, 1.82) is 0 Å². The highest BCUT2D eigenvalue weighted by Gasteiger charge is 1.98. The van der Waals surface area contributed by atoms with Crippen molar-refractivity contribution >= 4 is 22.3 Å². The van der Waals surface area contributed by atoms with Crippen LogP contribution >= 0.6 is 11.3 Å². The van der Waals surface area contributed by atoms with Gasteiger partial charge in [-0.1, -0.05) is 19.9 Å². The largest absolute Gasteiger partial charge is 0.316 e. The van der Waals surface area contributed by atoms with E-state index in [2.05, 4.69) is 15.3 Å². The lowest BCUT2D eigenvalue weighted by Crippen LogP contribution is -1.90. The Morgan fingerprint density at radius 2 is 2.00 bits per heavy atom. The standard InChI is InChI=1S/C9H9N3S.C2H6/c1-7-6-11-9(13-7)12-8-4-2-3-5-10-8;1-2/h2-6H,1H3,(H,10,11,12);1-2H3. The summed E-state index contributed by atoms with van der Waals surface area (Å²) in [6.45, 7) is 6.03. The van der Waals surface area contributed by atoms with Gasteiger partial charge in [-0.15, -0.1) is 11.3 Å². The molecular weight excluding hydrogens is 206 g/mol. The van der Waals surface area contributed by atoms with Crippen LogP contribution in [-0.4, -0.2) is 9.97 Å². The normalized spacial score (nSPS) is 9.00. The maximum atomic E-state index is 4.18. The first-order valence-electron chi connectivity index (χ1n) is 4.95. The quantitative estimate of drug-likeness (QED) is 0.841. The van der Waals surface area contributed by atoms with Crippen molar-refractivity contribution < 1.29 is 0 Å². The van der Waals surface area contributed by atoms with Gasteiger partial charge in [-0.05, 0) is 19.1 Å². The zero-order chi connectivity index (χ0) is 11.1. The van der Waals surface area contributed by atoms with Gasteiger partial charge in [0.15, 0.2) is 5.13 Å². The summed E-state index contributed by atoms with van der Waals surface area (Å²) in [5.74, 6) is 0.830. The molecule has 0 spiro atoms. The number of anilines is 2. The second-order valence-electron chi connectivity index (χ2n) is 2.62. The average molecular weight is 221 g/mol. The van der Waals surface area contributed by atoms with Crippen molar-refractivity contribution in [2.75, 3.05) is 5.32 Å². The first-order valence-corrected chi connectivity index (χ1v) is 5.77. The van der Waals surface area contributed by atoms with Gasteiger partial charge in [-0.3, -0.25) is 0 Å². The van der Waals surface area contributed by atoms with Crippen LogP contribution < -0.4 is 5.32 Å². The number of hydrogen-bond acceptors (Lipinski definition) is 4. The fourth-order valence-corrected chi connectivity index (χ4v) is 1.63.